The molecule has 2 fully saturated rings. The zero-order valence-electron chi connectivity index (χ0n) is 14.9. The fourth-order valence-electron chi connectivity index (χ4n) is 3.13. The molecular weight excluding hydrogens is 296 g/mol. The van der Waals surface area contributed by atoms with Crippen LogP contribution in [0.5, 0.6) is 0 Å². The van der Waals surface area contributed by atoms with E-state index in [9.17, 15) is 9.90 Å². The average Bonchev–Trinajstić information content (AvgIpc) is 3.08. The molecule has 2 saturated carbocycles. The van der Waals surface area contributed by atoms with E-state index in [1.165, 1.54) is 12.8 Å². The molecule has 0 aromatic rings. The lowest BCUT2D eigenvalue weighted by Crippen LogP contribution is -2.50. The number of rotatable bonds is 3. The van der Waals surface area contributed by atoms with Crippen molar-refractivity contribution in [1.82, 2.24) is 5.32 Å². The molecule has 0 aromatic heterocycles. The minimum absolute atomic E-state index is 0.00770. The molecule has 6 nitrogen and oxygen atoms in total. The quantitative estimate of drug-likeness (QED) is 0.634. The van der Waals surface area contributed by atoms with Crippen LogP contribution >= 0.6 is 0 Å². The highest BCUT2D eigenvalue weighted by molar-refractivity contribution is 5.68. The van der Waals surface area contributed by atoms with Gasteiger partial charge in [-0.3, -0.25) is 0 Å². The van der Waals surface area contributed by atoms with Gasteiger partial charge in [-0.05, 0) is 46.5 Å². The largest absolute Gasteiger partial charge is 0.444 e. The number of nitrogens with one attached hydrogen (secondary N) is 1. The lowest BCUT2D eigenvalue weighted by atomic mass is 9.99. The maximum absolute atomic E-state index is 11.5. The van der Waals surface area contributed by atoms with Crippen LogP contribution in [0, 0.1) is 0 Å². The number of ether oxygens (including phenoxy) is 1. The second-order valence-electron chi connectivity index (χ2n) is 8.00. The van der Waals surface area contributed by atoms with Gasteiger partial charge in [0.25, 0.3) is 0 Å². The Balaban J connectivity index is 0.000000277. The van der Waals surface area contributed by atoms with Gasteiger partial charge in [0.1, 0.15) is 5.60 Å². The molecule has 6 heteroatoms. The van der Waals surface area contributed by atoms with Crippen molar-refractivity contribution in [2.24, 2.45) is 5.73 Å². The SMILES string of the molecule is CC(C)(C)OC(=O)NC1(CO)CCCC1.NC1(CO)CCCC1. The van der Waals surface area contributed by atoms with Crippen molar-refractivity contribution in [3.05, 3.63) is 0 Å². The molecule has 0 bridgehead atoms. The summed E-state index contributed by atoms with van der Waals surface area (Å²) in [5, 5.41) is 20.8. The highest BCUT2D eigenvalue weighted by Gasteiger charge is 2.35. The Hall–Kier alpha value is -0.850. The number of nitrogens with two attached hydrogens (primary N) is 1. The van der Waals surface area contributed by atoms with Gasteiger partial charge in [-0.1, -0.05) is 25.7 Å². The second-order valence-corrected chi connectivity index (χ2v) is 8.00. The highest BCUT2D eigenvalue weighted by atomic mass is 16.6. The van der Waals surface area contributed by atoms with E-state index in [-0.39, 0.29) is 18.8 Å². The number of alkyl carbamates (subject to hydrolysis) is 1. The third-order valence-corrected chi connectivity index (χ3v) is 4.54. The Kier molecular flexibility index (Phi) is 7.29. The van der Waals surface area contributed by atoms with Crippen LogP contribution in [-0.2, 0) is 4.74 Å². The smallest absolute Gasteiger partial charge is 0.408 e. The second kappa shape index (κ2) is 8.31. The molecule has 0 atom stereocenters. The van der Waals surface area contributed by atoms with Gasteiger partial charge >= 0.3 is 6.09 Å². The molecule has 23 heavy (non-hydrogen) atoms. The predicted octanol–water partition coefficient (Wildman–Crippen LogP) is 2.07. The lowest BCUT2D eigenvalue weighted by Gasteiger charge is -2.29. The summed E-state index contributed by atoms with van der Waals surface area (Å²) in [6.07, 6.45) is 7.73. The molecule has 0 spiro atoms. The Morgan fingerprint density at radius 3 is 1.87 bits per heavy atom. The van der Waals surface area contributed by atoms with Gasteiger partial charge < -0.3 is 26.0 Å². The number of aliphatic hydroxyl groups is 2. The fourth-order valence-corrected chi connectivity index (χ4v) is 3.13. The van der Waals surface area contributed by atoms with Gasteiger partial charge in [0, 0.05) is 5.54 Å². The molecule has 0 heterocycles. The molecule has 0 aromatic carbocycles. The van der Waals surface area contributed by atoms with Crippen molar-refractivity contribution < 1.29 is 19.7 Å². The number of amides is 1. The summed E-state index contributed by atoms with van der Waals surface area (Å²) in [6, 6.07) is 0. The molecule has 0 saturated heterocycles. The van der Waals surface area contributed by atoms with Crippen molar-refractivity contribution in [2.75, 3.05) is 13.2 Å². The first-order chi connectivity index (χ1) is 10.6. The van der Waals surface area contributed by atoms with Crippen LogP contribution in [0.4, 0.5) is 4.79 Å². The van der Waals surface area contributed by atoms with E-state index < -0.39 is 17.2 Å². The molecular formula is C17H34N2O4. The Morgan fingerprint density at radius 2 is 1.52 bits per heavy atom. The number of hydrogen-bond donors (Lipinski definition) is 4. The van der Waals surface area contributed by atoms with Crippen LogP contribution in [0.3, 0.4) is 0 Å². The number of carbonyl (C=O) groups excluding carboxylic acids is 1. The fraction of sp³-hybridized carbons (Fsp3) is 0.941. The first-order valence-corrected chi connectivity index (χ1v) is 8.65. The summed E-state index contributed by atoms with van der Waals surface area (Å²) < 4.78 is 5.17. The standard InChI is InChI=1S/C11H21NO3.C6H13NO/c1-10(2,3)15-9(14)12-11(8-13)6-4-5-7-11;7-6(5-8)3-1-2-4-6/h13H,4-8H2,1-3H3,(H,12,14);8H,1-5,7H2. The van der Waals surface area contributed by atoms with Crippen molar-refractivity contribution in [2.45, 2.75) is 88.8 Å². The molecule has 2 aliphatic carbocycles. The summed E-state index contributed by atoms with van der Waals surface area (Å²) in [4.78, 5) is 11.5. The van der Waals surface area contributed by atoms with E-state index in [4.69, 9.17) is 15.6 Å². The monoisotopic (exact) mass is 330 g/mol. The van der Waals surface area contributed by atoms with Crippen LogP contribution < -0.4 is 11.1 Å². The number of hydrogen-bond acceptors (Lipinski definition) is 5. The minimum atomic E-state index is -0.487. The van der Waals surface area contributed by atoms with Gasteiger partial charge in [0.15, 0.2) is 0 Å². The maximum Gasteiger partial charge on any atom is 0.408 e. The molecule has 0 aliphatic heterocycles. The third-order valence-electron chi connectivity index (χ3n) is 4.54. The zero-order valence-corrected chi connectivity index (χ0v) is 14.9. The molecule has 2 rings (SSSR count). The highest BCUT2D eigenvalue weighted by Crippen LogP contribution is 2.29. The molecule has 0 radical (unpaired) electrons. The predicted molar refractivity (Wildman–Crippen MR) is 90.1 cm³/mol. The maximum atomic E-state index is 11.5. The van der Waals surface area contributed by atoms with Crippen molar-refractivity contribution in [3.63, 3.8) is 0 Å². The summed E-state index contributed by atoms with van der Waals surface area (Å²) in [6.45, 7) is 5.63. The topological polar surface area (TPSA) is 105 Å². The number of aliphatic hydroxyl groups excluding tert-OH is 2. The summed E-state index contributed by atoms with van der Waals surface area (Å²) in [5.74, 6) is 0. The van der Waals surface area contributed by atoms with Crippen LogP contribution in [0.25, 0.3) is 0 Å². The Morgan fingerprint density at radius 1 is 1.04 bits per heavy atom. The summed E-state index contributed by atoms with van der Waals surface area (Å²) >= 11 is 0. The molecule has 5 N–H and O–H groups in total. The Labute approximate surface area is 139 Å². The van der Waals surface area contributed by atoms with Crippen LogP contribution in [0.1, 0.15) is 72.1 Å². The normalized spacial score (nSPS) is 22.2. The first-order valence-electron chi connectivity index (χ1n) is 8.65. The van der Waals surface area contributed by atoms with E-state index in [0.29, 0.717) is 0 Å². The van der Waals surface area contributed by atoms with Gasteiger partial charge in [0.05, 0.1) is 18.8 Å². The van der Waals surface area contributed by atoms with E-state index >= 15 is 0 Å². The number of carbonyl (C=O) groups is 1. The third kappa shape index (κ3) is 7.06. The first kappa shape index (κ1) is 20.2. The minimum Gasteiger partial charge on any atom is -0.444 e. The molecule has 1 amide bonds. The van der Waals surface area contributed by atoms with E-state index in [1.54, 1.807) is 0 Å². The van der Waals surface area contributed by atoms with Gasteiger partial charge in [-0.15, -0.1) is 0 Å². The van der Waals surface area contributed by atoms with Crippen molar-refractivity contribution in [1.29, 1.82) is 0 Å². The van der Waals surface area contributed by atoms with Gasteiger partial charge in [-0.25, -0.2) is 4.79 Å². The summed E-state index contributed by atoms with van der Waals surface area (Å²) in [5.41, 5.74) is 4.57. The zero-order chi connectivity index (χ0) is 17.6. The van der Waals surface area contributed by atoms with Crippen molar-refractivity contribution >= 4 is 6.09 Å². The summed E-state index contributed by atoms with van der Waals surface area (Å²) in [7, 11) is 0. The van der Waals surface area contributed by atoms with Gasteiger partial charge in [0.2, 0.25) is 0 Å². The van der Waals surface area contributed by atoms with Crippen LogP contribution in [0.15, 0.2) is 0 Å². The average molecular weight is 330 g/mol. The van der Waals surface area contributed by atoms with Gasteiger partial charge in [-0.2, -0.15) is 0 Å². The molecule has 136 valence electrons. The Bertz CT molecular complexity index is 367. The van der Waals surface area contributed by atoms with Crippen LogP contribution in [-0.4, -0.2) is 46.2 Å². The lowest BCUT2D eigenvalue weighted by molar-refractivity contribution is 0.0403. The molecule has 0 unspecified atom stereocenters. The van der Waals surface area contributed by atoms with E-state index in [0.717, 1.165) is 38.5 Å². The van der Waals surface area contributed by atoms with E-state index in [2.05, 4.69) is 5.32 Å². The van der Waals surface area contributed by atoms with Crippen molar-refractivity contribution in [3.8, 4) is 0 Å². The van der Waals surface area contributed by atoms with E-state index in [1.807, 2.05) is 20.8 Å². The molecule has 2 aliphatic rings. The van der Waals surface area contributed by atoms with Crippen LogP contribution in [0.2, 0.25) is 0 Å².